The molecule has 3 rings (SSSR count). The van der Waals surface area contributed by atoms with Gasteiger partial charge in [-0.15, -0.1) is 0 Å². The number of carbonyl (C=O) groups is 1. The van der Waals surface area contributed by atoms with Crippen molar-refractivity contribution in [3.8, 4) is 0 Å². The molecule has 1 N–H and O–H groups in total. The van der Waals surface area contributed by atoms with Crippen LogP contribution in [-0.2, 0) is 0 Å². The van der Waals surface area contributed by atoms with E-state index in [9.17, 15) is 14.0 Å². The lowest BCUT2D eigenvalue weighted by Gasteiger charge is -2.06. The van der Waals surface area contributed by atoms with E-state index in [1.54, 1.807) is 19.1 Å². The van der Waals surface area contributed by atoms with E-state index in [0.717, 1.165) is 11.1 Å². The van der Waals surface area contributed by atoms with Crippen LogP contribution in [0, 0.1) is 19.7 Å². The van der Waals surface area contributed by atoms with Gasteiger partial charge in [0.15, 0.2) is 5.78 Å². The minimum Gasteiger partial charge on any atom is -0.321 e. The first kappa shape index (κ1) is 15.9. The van der Waals surface area contributed by atoms with Gasteiger partial charge in [-0.3, -0.25) is 9.59 Å². The maximum Gasteiger partial charge on any atom is 0.259 e. The largest absolute Gasteiger partial charge is 0.321 e. The first-order valence-corrected chi connectivity index (χ1v) is 7.57. The van der Waals surface area contributed by atoms with Crippen LogP contribution in [0.25, 0.3) is 17.0 Å². The van der Waals surface area contributed by atoms with Crippen LogP contribution in [0.3, 0.4) is 0 Å². The highest BCUT2D eigenvalue weighted by molar-refractivity contribution is 6.09. The maximum atomic E-state index is 13.3. The quantitative estimate of drug-likeness (QED) is 0.581. The van der Waals surface area contributed by atoms with Crippen LogP contribution in [-0.4, -0.2) is 10.8 Å². The number of aromatic nitrogens is 1. The Morgan fingerprint density at radius 2 is 1.79 bits per heavy atom. The Balaban J connectivity index is 2.02. The molecule has 0 aliphatic carbocycles. The van der Waals surface area contributed by atoms with Crippen molar-refractivity contribution in [2.75, 3.05) is 0 Å². The number of benzene rings is 2. The SMILES string of the molecule is Cc1ccc(C=CC(=O)c2c(C)c3ccc(F)cc3[nH]c2=O)cc1. The molecule has 0 atom stereocenters. The fourth-order valence-electron chi connectivity index (χ4n) is 2.67. The predicted molar refractivity (Wildman–Crippen MR) is 93.8 cm³/mol. The summed E-state index contributed by atoms with van der Waals surface area (Å²) >= 11 is 0. The van der Waals surface area contributed by atoms with Gasteiger partial charge < -0.3 is 4.98 Å². The zero-order chi connectivity index (χ0) is 17.3. The lowest BCUT2D eigenvalue weighted by Crippen LogP contribution is -2.18. The first-order valence-electron chi connectivity index (χ1n) is 7.57. The van der Waals surface area contributed by atoms with Gasteiger partial charge in [0.05, 0.1) is 11.1 Å². The highest BCUT2D eigenvalue weighted by Gasteiger charge is 2.14. The molecule has 0 aliphatic heterocycles. The monoisotopic (exact) mass is 321 g/mol. The summed E-state index contributed by atoms with van der Waals surface area (Å²) in [5.74, 6) is -0.809. The molecule has 120 valence electrons. The number of fused-ring (bicyclic) bond motifs is 1. The Kier molecular flexibility index (Phi) is 4.13. The number of allylic oxidation sites excluding steroid dienone is 1. The molecular weight excluding hydrogens is 305 g/mol. The average molecular weight is 321 g/mol. The first-order chi connectivity index (χ1) is 11.5. The Bertz CT molecular complexity index is 1010. The number of aryl methyl sites for hydroxylation is 2. The van der Waals surface area contributed by atoms with Gasteiger partial charge in [-0.25, -0.2) is 4.39 Å². The summed E-state index contributed by atoms with van der Waals surface area (Å²) in [6, 6.07) is 11.8. The van der Waals surface area contributed by atoms with Crippen molar-refractivity contribution in [2.45, 2.75) is 13.8 Å². The van der Waals surface area contributed by atoms with Crippen LogP contribution in [0.2, 0.25) is 0 Å². The maximum absolute atomic E-state index is 13.3. The highest BCUT2D eigenvalue weighted by Crippen LogP contribution is 2.19. The van der Waals surface area contributed by atoms with Crippen molar-refractivity contribution in [3.05, 3.63) is 87.0 Å². The molecule has 24 heavy (non-hydrogen) atoms. The molecule has 0 amide bonds. The van der Waals surface area contributed by atoms with Crippen LogP contribution in [0.15, 0.2) is 53.3 Å². The summed E-state index contributed by atoms with van der Waals surface area (Å²) in [6.45, 7) is 3.68. The van der Waals surface area contributed by atoms with Crippen molar-refractivity contribution in [1.82, 2.24) is 4.98 Å². The number of hydrogen-bond donors (Lipinski definition) is 1. The van der Waals surface area contributed by atoms with Crippen molar-refractivity contribution < 1.29 is 9.18 Å². The summed E-state index contributed by atoms with van der Waals surface area (Å²) in [7, 11) is 0. The molecule has 0 spiro atoms. The molecule has 1 heterocycles. The van der Waals surface area contributed by atoms with E-state index < -0.39 is 11.4 Å². The third-order valence-corrected chi connectivity index (χ3v) is 3.99. The van der Waals surface area contributed by atoms with E-state index in [2.05, 4.69) is 4.98 Å². The zero-order valence-corrected chi connectivity index (χ0v) is 13.4. The molecule has 3 nitrogen and oxygen atoms in total. The molecule has 0 saturated carbocycles. The standard InChI is InChI=1S/C20H16FNO2/c1-12-3-5-14(6-4-12)7-10-18(23)19-13(2)16-9-8-15(21)11-17(16)22-20(19)24/h3-11H,1-2H3,(H,22,24). The number of rotatable bonds is 3. The molecule has 0 aliphatic rings. The summed E-state index contributed by atoms with van der Waals surface area (Å²) < 4.78 is 13.3. The molecule has 0 unspecified atom stereocenters. The fourth-order valence-corrected chi connectivity index (χ4v) is 2.67. The van der Waals surface area contributed by atoms with Crippen LogP contribution in [0.4, 0.5) is 4.39 Å². The van der Waals surface area contributed by atoms with E-state index in [1.807, 2.05) is 31.2 Å². The molecule has 0 radical (unpaired) electrons. The second-order valence-corrected chi connectivity index (χ2v) is 5.75. The highest BCUT2D eigenvalue weighted by atomic mass is 19.1. The van der Waals surface area contributed by atoms with Gasteiger partial charge in [-0.05, 0) is 49.2 Å². The molecule has 3 aromatic rings. The number of nitrogens with one attached hydrogen (secondary N) is 1. The van der Waals surface area contributed by atoms with Crippen LogP contribution in [0.5, 0.6) is 0 Å². The van der Waals surface area contributed by atoms with Gasteiger partial charge in [-0.1, -0.05) is 35.9 Å². The third-order valence-electron chi connectivity index (χ3n) is 3.99. The summed E-state index contributed by atoms with van der Waals surface area (Å²) in [5, 5.41) is 0.656. The zero-order valence-electron chi connectivity index (χ0n) is 13.4. The topological polar surface area (TPSA) is 49.9 Å². The van der Waals surface area contributed by atoms with Crippen molar-refractivity contribution in [1.29, 1.82) is 0 Å². The Morgan fingerprint density at radius 1 is 1.08 bits per heavy atom. The van der Waals surface area contributed by atoms with Crippen molar-refractivity contribution in [3.63, 3.8) is 0 Å². The minimum absolute atomic E-state index is 0.0810. The second-order valence-electron chi connectivity index (χ2n) is 5.75. The van der Waals surface area contributed by atoms with Crippen molar-refractivity contribution in [2.24, 2.45) is 0 Å². The number of H-pyrrole nitrogens is 1. The van der Waals surface area contributed by atoms with Gasteiger partial charge in [0, 0.05) is 5.39 Å². The number of halogens is 1. The lowest BCUT2D eigenvalue weighted by molar-refractivity contribution is 0.104. The summed E-state index contributed by atoms with van der Waals surface area (Å²) in [5.41, 5.74) is 2.52. The predicted octanol–water partition coefficient (Wildman–Crippen LogP) is 4.18. The normalized spacial score (nSPS) is 11.3. The molecule has 1 aromatic heterocycles. The molecule has 0 bridgehead atoms. The van der Waals surface area contributed by atoms with Crippen LogP contribution in [0.1, 0.15) is 27.0 Å². The number of aromatic amines is 1. The Morgan fingerprint density at radius 3 is 2.50 bits per heavy atom. The number of hydrogen-bond acceptors (Lipinski definition) is 2. The Labute approximate surface area is 138 Å². The van der Waals surface area contributed by atoms with Gasteiger partial charge in [0.2, 0.25) is 0 Å². The summed E-state index contributed by atoms with van der Waals surface area (Å²) in [6.07, 6.45) is 3.06. The number of ketones is 1. The van der Waals surface area contributed by atoms with Gasteiger partial charge in [-0.2, -0.15) is 0 Å². The van der Waals surface area contributed by atoms with E-state index in [1.165, 1.54) is 18.2 Å². The van der Waals surface area contributed by atoms with Crippen LogP contribution < -0.4 is 5.56 Å². The molecule has 0 fully saturated rings. The van der Waals surface area contributed by atoms with Gasteiger partial charge in [0.1, 0.15) is 5.82 Å². The molecule has 0 saturated heterocycles. The second kappa shape index (κ2) is 6.24. The van der Waals surface area contributed by atoms with E-state index in [-0.39, 0.29) is 11.3 Å². The fraction of sp³-hybridized carbons (Fsp3) is 0.100. The lowest BCUT2D eigenvalue weighted by atomic mass is 10.0. The molecule has 2 aromatic carbocycles. The smallest absolute Gasteiger partial charge is 0.259 e. The number of carbonyl (C=O) groups excluding carboxylic acids is 1. The minimum atomic E-state index is -0.510. The van der Waals surface area contributed by atoms with E-state index >= 15 is 0 Å². The van der Waals surface area contributed by atoms with E-state index in [0.29, 0.717) is 16.5 Å². The molecular formula is C20H16FNO2. The van der Waals surface area contributed by atoms with E-state index in [4.69, 9.17) is 0 Å². The van der Waals surface area contributed by atoms with Gasteiger partial charge >= 0.3 is 0 Å². The number of pyridine rings is 1. The van der Waals surface area contributed by atoms with Crippen LogP contribution >= 0.6 is 0 Å². The van der Waals surface area contributed by atoms with Gasteiger partial charge in [0.25, 0.3) is 5.56 Å². The molecule has 4 heteroatoms. The Hall–Kier alpha value is -3.01. The third kappa shape index (κ3) is 3.04. The average Bonchev–Trinajstić information content (AvgIpc) is 2.54. The summed E-state index contributed by atoms with van der Waals surface area (Å²) in [4.78, 5) is 27.3. The van der Waals surface area contributed by atoms with Crippen molar-refractivity contribution >= 4 is 22.8 Å².